The molecule has 7 rings (SSSR count). The van der Waals surface area contributed by atoms with E-state index in [0.717, 1.165) is 80.7 Å². The van der Waals surface area contributed by atoms with Crippen LogP contribution < -0.4 is 15.0 Å². The summed E-state index contributed by atoms with van der Waals surface area (Å²) < 4.78 is 26.4. The monoisotopic (exact) mass is 559 g/mol. The van der Waals surface area contributed by atoms with Crippen molar-refractivity contribution < 1.29 is 23.8 Å². The van der Waals surface area contributed by atoms with Gasteiger partial charge >= 0.3 is 6.09 Å². The number of likely N-dealkylation sites (tertiary alicyclic amines) is 1. The van der Waals surface area contributed by atoms with Crippen molar-refractivity contribution >= 4 is 11.9 Å². The van der Waals surface area contributed by atoms with Crippen LogP contribution in [-0.4, -0.2) is 78.0 Å². The first kappa shape index (κ1) is 26.2. The van der Waals surface area contributed by atoms with Crippen molar-refractivity contribution in [1.82, 2.24) is 20.2 Å². The number of carboxylic acid groups (broad SMARTS) is 1. The highest BCUT2D eigenvalue weighted by molar-refractivity contribution is 5.73. The molecule has 0 bridgehead atoms. The molecule has 3 fully saturated rings. The van der Waals surface area contributed by atoms with Crippen molar-refractivity contribution in [2.24, 2.45) is 11.3 Å². The second kappa shape index (κ2) is 10.6. The normalized spacial score (nSPS) is 21.7. The Bertz CT molecular complexity index is 1450. The van der Waals surface area contributed by atoms with Crippen LogP contribution in [0.25, 0.3) is 11.1 Å². The number of aromatic nitrogens is 2. The lowest BCUT2D eigenvalue weighted by Crippen LogP contribution is -2.72. The van der Waals surface area contributed by atoms with Gasteiger partial charge in [-0.15, -0.1) is 0 Å². The number of halogens is 1. The number of nitrogens with one attached hydrogen (secondary N) is 1. The molecule has 0 radical (unpaired) electrons. The first-order chi connectivity index (χ1) is 19.9. The summed E-state index contributed by atoms with van der Waals surface area (Å²) in [6.45, 7) is 7.03. The zero-order chi connectivity index (χ0) is 28.0. The van der Waals surface area contributed by atoms with E-state index in [2.05, 4.69) is 25.1 Å². The van der Waals surface area contributed by atoms with E-state index in [4.69, 9.17) is 14.6 Å². The number of carbonyl (C=O) groups is 1. The average Bonchev–Trinajstić information content (AvgIpc) is 3.32. The SMILES string of the molecule is O=C(O)NC1Cc2ccc(-c3cc(F)ccc3Oc3cncnc3N3CC4(CN(CC5CCOCC5)C4)C3)cc2C1. The van der Waals surface area contributed by atoms with E-state index in [0.29, 0.717) is 35.3 Å². The summed E-state index contributed by atoms with van der Waals surface area (Å²) in [5.41, 5.74) is 3.90. The summed E-state index contributed by atoms with van der Waals surface area (Å²) in [5, 5.41) is 11.7. The van der Waals surface area contributed by atoms with E-state index in [1.807, 2.05) is 18.2 Å². The molecule has 4 aliphatic rings. The van der Waals surface area contributed by atoms with Gasteiger partial charge in [-0.3, -0.25) is 0 Å². The standard InChI is InChI=1S/C31H34FN5O4/c32-24-3-4-27(26(12-24)22-2-1-21-10-25(35-30(38)39)11-23(21)9-22)41-28-13-33-19-34-29(28)37-17-31(18-37)15-36(16-31)14-20-5-7-40-8-6-20/h1-4,9,12-13,19-20,25,35H,5-8,10-11,14-18H2,(H,38,39). The van der Waals surface area contributed by atoms with E-state index >= 15 is 0 Å². The molecule has 1 unspecified atom stereocenters. The Morgan fingerprint density at radius 2 is 1.88 bits per heavy atom. The van der Waals surface area contributed by atoms with Crippen LogP contribution in [0.3, 0.4) is 0 Å². The molecule has 3 aliphatic heterocycles. The molecule has 10 heteroatoms. The van der Waals surface area contributed by atoms with Gasteiger partial charge in [-0.25, -0.2) is 19.2 Å². The van der Waals surface area contributed by atoms with E-state index in [9.17, 15) is 9.18 Å². The molecular formula is C31H34FN5O4. The Labute approximate surface area is 238 Å². The first-order valence-electron chi connectivity index (χ1n) is 14.4. The van der Waals surface area contributed by atoms with E-state index < -0.39 is 6.09 Å². The number of anilines is 1. The van der Waals surface area contributed by atoms with Gasteiger partial charge in [0.05, 0.1) is 6.20 Å². The van der Waals surface area contributed by atoms with Gasteiger partial charge in [0.15, 0.2) is 11.6 Å². The molecule has 4 heterocycles. The lowest BCUT2D eigenvalue weighted by atomic mass is 9.72. The predicted molar refractivity (Wildman–Crippen MR) is 151 cm³/mol. The van der Waals surface area contributed by atoms with Gasteiger partial charge in [-0.1, -0.05) is 18.2 Å². The number of hydrogen-bond donors (Lipinski definition) is 2. The molecule has 3 saturated heterocycles. The highest BCUT2D eigenvalue weighted by Gasteiger charge is 2.52. The van der Waals surface area contributed by atoms with Crippen LogP contribution in [0.1, 0.15) is 24.0 Å². The van der Waals surface area contributed by atoms with Gasteiger partial charge in [0.1, 0.15) is 17.9 Å². The van der Waals surface area contributed by atoms with Crippen LogP contribution >= 0.6 is 0 Å². The van der Waals surface area contributed by atoms with Gasteiger partial charge in [-0.05, 0) is 66.5 Å². The fourth-order valence-corrected chi connectivity index (χ4v) is 7.06. The maximum Gasteiger partial charge on any atom is 0.404 e. The highest BCUT2D eigenvalue weighted by Crippen LogP contribution is 2.45. The van der Waals surface area contributed by atoms with Crippen molar-refractivity contribution in [3.8, 4) is 22.6 Å². The molecule has 2 N–H and O–H groups in total. The number of ether oxygens (including phenoxy) is 2. The van der Waals surface area contributed by atoms with Crippen LogP contribution in [0.15, 0.2) is 48.9 Å². The molecule has 0 saturated carbocycles. The summed E-state index contributed by atoms with van der Waals surface area (Å²) in [4.78, 5) is 24.7. The molecule has 1 aliphatic carbocycles. The average molecular weight is 560 g/mol. The van der Waals surface area contributed by atoms with Crippen LogP contribution in [-0.2, 0) is 17.6 Å². The lowest BCUT2D eigenvalue weighted by molar-refractivity contribution is -0.0430. The number of fused-ring (bicyclic) bond motifs is 1. The topological polar surface area (TPSA) is 100 Å². The van der Waals surface area contributed by atoms with Gasteiger partial charge in [-0.2, -0.15) is 0 Å². The second-order valence-corrected chi connectivity index (χ2v) is 12.1. The zero-order valence-corrected chi connectivity index (χ0v) is 22.9. The number of amides is 1. The Balaban J connectivity index is 1.05. The molecule has 214 valence electrons. The summed E-state index contributed by atoms with van der Waals surface area (Å²) in [6.07, 6.45) is 5.75. The third kappa shape index (κ3) is 5.34. The molecule has 3 aromatic rings. The molecule has 2 aromatic carbocycles. The largest absolute Gasteiger partial charge is 0.465 e. The van der Waals surface area contributed by atoms with Gasteiger partial charge in [0.25, 0.3) is 0 Å². The van der Waals surface area contributed by atoms with Crippen molar-refractivity contribution in [3.63, 3.8) is 0 Å². The Morgan fingerprint density at radius 3 is 2.68 bits per heavy atom. The molecule has 1 spiro atoms. The molecule has 41 heavy (non-hydrogen) atoms. The molecule has 1 aromatic heterocycles. The maximum atomic E-state index is 14.5. The summed E-state index contributed by atoms with van der Waals surface area (Å²) in [6, 6.07) is 10.3. The summed E-state index contributed by atoms with van der Waals surface area (Å²) >= 11 is 0. The predicted octanol–water partition coefficient (Wildman–Crippen LogP) is 4.36. The van der Waals surface area contributed by atoms with Gasteiger partial charge in [0.2, 0.25) is 0 Å². The Hall–Kier alpha value is -3.76. The molecular weight excluding hydrogens is 525 g/mol. The first-order valence-corrected chi connectivity index (χ1v) is 14.4. The molecule has 1 atom stereocenters. The summed E-state index contributed by atoms with van der Waals surface area (Å²) in [7, 11) is 0. The minimum absolute atomic E-state index is 0.158. The van der Waals surface area contributed by atoms with Crippen LogP contribution in [0, 0.1) is 17.2 Å². The third-order valence-electron chi connectivity index (χ3n) is 8.93. The van der Waals surface area contributed by atoms with Crippen LogP contribution in [0.5, 0.6) is 11.5 Å². The number of rotatable bonds is 7. The van der Waals surface area contributed by atoms with E-state index in [1.54, 1.807) is 18.6 Å². The van der Waals surface area contributed by atoms with Gasteiger partial charge in [0, 0.05) is 63.0 Å². The smallest absolute Gasteiger partial charge is 0.404 e. The van der Waals surface area contributed by atoms with E-state index in [1.165, 1.54) is 18.7 Å². The molecule has 9 nitrogen and oxygen atoms in total. The van der Waals surface area contributed by atoms with E-state index in [-0.39, 0.29) is 11.9 Å². The zero-order valence-electron chi connectivity index (χ0n) is 22.9. The second-order valence-electron chi connectivity index (χ2n) is 12.1. The minimum atomic E-state index is -1.03. The number of nitrogens with zero attached hydrogens (tertiary/aromatic N) is 4. The van der Waals surface area contributed by atoms with Crippen molar-refractivity contribution in [2.45, 2.75) is 31.7 Å². The van der Waals surface area contributed by atoms with Crippen LogP contribution in [0.2, 0.25) is 0 Å². The highest BCUT2D eigenvalue weighted by atomic mass is 19.1. The lowest BCUT2D eigenvalue weighted by Gasteiger charge is -2.61. The maximum absolute atomic E-state index is 14.5. The quantitative estimate of drug-likeness (QED) is 0.441. The number of benzene rings is 2. The summed E-state index contributed by atoms with van der Waals surface area (Å²) in [5.74, 6) is 2.20. The molecule has 1 amide bonds. The minimum Gasteiger partial charge on any atom is -0.465 e. The van der Waals surface area contributed by atoms with Gasteiger partial charge < -0.3 is 29.7 Å². The third-order valence-corrected chi connectivity index (χ3v) is 8.93. The van der Waals surface area contributed by atoms with Crippen LogP contribution in [0.4, 0.5) is 15.0 Å². The Kier molecular flexibility index (Phi) is 6.75. The van der Waals surface area contributed by atoms with Crippen molar-refractivity contribution in [2.75, 3.05) is 50.8 Å². The fraction of sp³-hybridized carbons (Fsp3) is 0.452. The number of hydrogen-bond acceptors (Lipinski definition) is 7. The Morgan fingerprint density at radius 1 is 1.07 bits per heavy atom. The van der Waals surface area contributed by atoms with Crippen molar-refractivity contribution in [3.05, 3.63) is 65.9 Å². The fourth-order valence-electron chi connectivity index (χ4n) is 7.06. The van der Waals surface area contributed by atoms with Crippen molar-refractivity contribution in [1.29, 1.82) is 0 Å².